The number of nitrogens with zero attached hydrogens (tertiary/aromatic N) is 6. The van der Waals surface area contributed by atoms with Crippen LogP contribution in [-0.4, -0.2) is 70.9 Å². The lowest BCUT2D eigenvalue weighted by molar-refractivity contribution is 0.0961. The molecule has 0 amide bonds. The molecule has 0 radical (unpaired) electrons. The molecule has 0 atom stereocenters. The number of benzene rings is 1. The highest BCUT2D eigenvalue weighted by Gasteiger charge is 2.28. The lowest BCUT2D eigenvalue weighted by atomic mass is 10.2. The van der Waals surface area contributed by atoms with E-state index in [0.717, 1.165) is 37.5 Å². The third kappa shape index (κ3) is 6.53. The zero-order chi connectivity index (χ0) is 25.7. The number of imidazole rings is 1. The Morgan fingerprint density at radius 1 is 0.972 bits per heavy atom. The molecule has 1 aromatic carbocycles. The number of rotatable bonds is 11. The largest absolute Gasteiger partial charge is 0.368 e. The Balaban J connectivity index is 1.44. The van der Waals surface area contributed by atoms with Gasteiger partial charge in [-0.05, 0) is 39.8 Å². The summed E-state index contributed by atoms with van der Waals surface area (Å²) in [4.78, 5) is 17.9. The van der Waals surface area contributed by atoms with Gasteiger partial charge in [-0.2, -0.15) is 9.97 Å². The summed E-state index contributed by atoms with van der Waals surface area (Å²) in [7, 11) is -3.36. The van der Waals surface area contributed by atoms with E-state index >= 15 is 0 Å². The Bertz CT molecular complexity index is 1170. The third-order valence-electron chi connectivity index (χ3n) is 5.64. The second kappa shape index (κ2) is 11.6. The zero-order valence-electron chi connectivity index (χ0n) is 21.4. The van der Waals surface area contributed by atoms with Crippen LogP contribution in [0, 0.1) is 0 Å². The van der Waals surface area contributed by atoms with Gasteiger partial charge in [0.15, 0.2) is 11.5 Å². The molecule has 4 rings (SSSR count). The molecule has 11 nitrogen and oxygen atoms in total. The van der Waals surface area contributed by atoms with Gasteiger partial charge in [0, 0.05) is 38.4 Å². The van der Waals surface area contributed by atoms with Gasteiger partial charge < -0.3 is 33.9 Å². The Labute approximate surface area is 212 Å². The Hall–Kier alpha value is -2.72. The first kappa shape index (κ1) is 26.3. The SMILES string of the molecule is CC(C)OP(=O)(COCCn1cnc2nc(N)nc(N3CCN(c4ccccc4)CC3)c21)OC(C)C. The second-order valence-corrected chi connectivity index (χ2v) is 11.2. The summed E-state index contributed by atoms with van der Waals surface area (Å²) in [5, 5.41) is 0. The number of ether oxygens (including phenoxy) is 1. The molecular formula is C24H36N7O4P. The van der Waals surface area contributed by atoms with Gasteiger partial charge in [0.2, 0.25) is 5.95 Å². The smallest absolute Gasteiger partial charge is 0.356 e. The number of hydrogen-bond donors (Lipinski definition) is 1. The number of anilines is 3. The maximum Gasteiger partial charge on any atom is 0.356 e. The van der Waals surface area contributed by atoms with Crippen molar-refractivity contribution in [1.29, 1.82) is 0 Å². The van der Waals surface area contributed by atoms with E-state index in [-0.39, 0.29) is 24.5 Å². The molecule has 12 heteroatoms. The minimum absolute atomic E-state index is 0.117. The Kier molecular flexibility index (Phi) is 8.46. The van der Waals surface area contributed by atoms with Gasteiger partial charge in [0.05, 0.1) is 25.1 Å². The maximum atomic E-state index is 13.0. The molecule has 196 valence electrons. The molecule has 1 fully saturated rings. The van der Waals surface area contributed by atoms with Crippen LogP contribution in [0.25, 0.3) is 11.2 Å². The number of para-hydroxylation sites is 1. The Morgan fingerprint density at radius 3 is 2.25 bits per heavy atom. The lowest BCUT2D eigenvalue weighted by Gasteiger charge is -2.37. The molecule has 3 heterocycles. The van der Waals surface area contributed by atoms with Crippen LogP contribution in [0.15, 0.2) is 36.7 Å². The molecule has 1 aliphatic rings. The topological polar surface area (TPSA) is 121 Å². The van der Waals surface area contributed by atoms with Gasteiger partial charge in [-0.1, -0.05) is 18.2 Å². The highest BCUT2D eigenvalue weighted by molar-refractivity contribution is 7.53. The molecule has 0 aliphatic carbocycles. The van der Waals surface area contributed by atoms with Crippen LogP contribution in [-0.2, 0) is 24.9 Å². The minimum atomic E-state index is -3.36. The summed E-state index contributed by atoms with van der Waals surface area (Å²) in [5.74, 6) is 0.960. The maximum absolute atomic E-state index is 13.0. The molecule has 0 unspecified atom stereocenters. The van der Waals surface area contributed by atoms with Crippen molar-refractivity contribution in [3.63, 3.8) is 0 Å². The Morgan fingerprint density at radius 2 is 1.61 bits per heavy atom. The highest BCUT2D eigenvalue weighted by atomic mass is 31.2. The fraction of sp³-hybridized carbons (Fsp3) is 0.542. The predicted octanol–water partition coefficient (Wildman–Crippen LogP) is 3.75. The third-order valence-corrected chi connectivity index (χ3v) is 7.62. The summed E-state index contributed by atoms with van der Waals surface area (Å²) >= 11 is 0. The normalized spacial score (nSPS) is 14.9. The average Bonchev–Trinajstić information content (AvgIpc) is 3.23. The monoisotopic (exact) mass is 517 g/mol. The first-order valence-corrected chi connectivity index (χ1v) is 14.0. The van der Waals surface area contributed by atoms with E-state index in [4.69, 9.17) is 19.5 Å². The summed E-state index contributed by atoms with van der Waals surface area (Å²) in [6.45, 7) is 11.4. The van der Waals surface area contributed by atoms with Crippen molar-refractivity contribution in [1.82, 2.24) is 19.5 Å². The van der Waals surface area contributed by atoms with Gasteiger partial charge >= 0.3 is 7.60 Å². The van der Waals surface area contributed by atoms with E-state index in [1.165, 1.54) is 5.69 Å². The first-order chi connectivity index (χ1) is 17.2. The number of piperazine rings is 1. The van der Waals surface area contributed by atoms with Gasteiger partial charge in [-0.15, -0.1) is 0 Å². The van der Waals surface area contributed by atoms with Crippen molar-refractivity contribution in [2.24, 2.45) is 0 Å². The molecule has 0 spiro atoms. The fourth-order valence-corrected chi connectivity index (χ4v) is 6.06. The number of nitrogen functional groups attached to an aromatic ring is 1. The van der Waals surface area contributed by atoms with Crippen LogP contribution in [0.2, 0.25) is 0 Å². The number of nitrogens with two attached hydrogens (primary N) is 1. The van der Waals surface area contributed by atoms with Crippen molar-refractivity contribution in [2.45, 2.75) is 46.4 Å². The van der Waals surface area contributed by atoms with Gasteiger partial charge in [-0.25, -0.2) is 4.98 Å². The van der Waals surface area contributed by atoms with E-state index in [1.807, 2.05) is 38.3 Å². The van der Waals surface area contributed by atoms with Crippen molar-refractivity contribution < 1.29 is 18.3 Å². The summed E-state index contributed by atoms with van der Waals surface area (Å²) in [6, 6.07) is 10.4. The minimum Gasteiger partial charge on any atom is -0.368 e. The van der Waals surface area contributed by atoms with E-state index in [1.54, 1.807) is 6.33 Å². The van der Waals surface area contributed by atoms with Crippen molar-refractivity contribution >= 4 is 36.2 Å². The van der Waals surface area contributed by atoms with E-state index in [2.05, 4.69) is 49.0 Å². The van der Waals surface area contributed by atoms with Gasteiger partial charge in [-0.3, -0.25) is 4.57 Å². The summed E-state index contributed by atoms with van der Waals surface area (Å²) in [5.41, 5.74) is 8.58. The molecule has 2 aromatic heterocycles. The second-order valence-electron chi connectivity index (χ2n) is 9.28. The molecular weight excluding hydrogens is 481 g/mol. The predicted molar refractivity (Wildman–Crippen MR) is 141 cm³/mol. The van der Waals surface area contributed by atoms with Gasteiger partial charge in [0.1, 0.15) is 11.9 Å². The van der Waals surface area contributed by atoms with Crippen LogP contribution >= 0.6 is 7.60 Å². The first-order valence-electron chi connectivity index (χ1n) is 12.3. The number of hydrogen-bond acceptors (Lipinski definition) is 10. The molecule has 36 heavy (non-hydrogen) atoms. The molecule has 3 aromatic rings. The van der Waals surface area contributed by atoms with Crippen LogP contribution < -0.4 is 15.5 Å². The van der Waals surface area contributed by atoms with Crippen molar-refractivity contribution in [3.8, 4) is 0 Å². The molecule has 2 N–H and O–H groups in total. The molecule has 1 aliphatic heterocycles. The van der Waals surface area contributed by atoms with Gasteiger partial charge in [0.25, 0.3) is 0 Å². The number of fused-ring (bicyclic) bond motifs is 1. The van der Waals surface area contributed by atoms with Crippen LogP contribution in [0.3, 0.4) is 0 Å². The zero-order valence-corrected chi connectivity index (χ0v) is 22.3. The van der Waals surface area contributed by atoms with E-state index < -0.39 is 7.60 Å². The van der Waals surface area contributed by atoms with Crippen molar-refractivity contribution in [3.05, 3.63) is 36.7 Å². The quantitative estimate of drug-likeness (QED) is 0.297. The summed E-state index contributed by atoms with van der Waals surface area (Å²) < 4.78 is 31.8. The highest BCUT2D eigenvalue weighted by Crippen LogP contribution is 2.50. The van der Waals surface area contributed by atoms with E-state index in [0.29, 0.717) is 18.8 Å². The fourth-order valence-electron chi connectivity index (χ4n) is 4.25. The molecule has 0 bridgehead atoms. The van der Waals surface area contributed by atoms with E-state index in [9.17, 15) is 4.57 Å². The number of aromatic nitrogens is 4. The summed E-state index contributed by atoms with van der Waals surface area (Å²) in [6.07, 6.45) is 1.13. The van der Waals surface area contributed by atoms with Crippen molar-refractivity contribution in [2.75, 3.05) is 54.7 Å². The average molecular weight is 518 g/mol. The van der Waals surface area contributed by atoms with Crippen LogP contribution in [0.1, 0.15) is 27.7 Å². The molecule has 1 saturated heterocycles. The molecule has 0 saturated carbocycles. The standard InChI is InChI=1S/C24H36N7O4P/c1-18(2)34-36(32,35-19(3)4)17-33-15-14-31-16-26-22-21(31)23(28-24(25)27-22)30-12-10-29(11-13-30)20-8-6-5-7-9-20/h5-9,16,18-19H,10-15,17H2,1-4H3,(H2,25,27,28). The lowest BCUT2D eigenvalue weighted by Crippen LogP contribution is -2.47. The van der Waals surface area contributed by atoms with Crippen LogP contribution in [0.5, 0.6) is 0 Å². The van der Waals surface area contributed by atoms with Crippen LogP contribution in [0.4, 0.5) is 17.5 Å².